The van der Waals surface area contributed by atoms with Gasteiger partial charge < -0.3 is 10.5 Å². The third-order valence-electron chi connectivity index (χ3n) is 3.04. The van der Waals surface area contributed by atoms with Gasteiger partial charge in [0.25, 0.3) is 0 Å². The molecule has 18 heavy (non-hydrogen) atoms. The molecule has 2 unspecified atom stereocenters. The van der Waals surface area contributed by atoms with E-state index in [1.165, 1.54) is 0 Å². The second-order valence-corrected chi connectivity index (χ2v) is 6.34. The average Bonchev–Trinajstić information content (AvgIpc) is 2.67. The molecule has 1 aromatic rings. The molecule has 0 radical (unpaired) electrons. The van der Waals surface area contributed by atoms with E-state index in [9.17, 15) is 8.42 Å². The van der Waals surface area contributed by atoms with Crippen LogP contribution in [0.5, 0.6) is 0 Å². The number of nitrogens with two attached hydrogens (primary N) is 1. The molecule has 5 nitrogen and oxygen atoms in total. The van der Waals surface area contributed by atoms with Crippen molar-refractivity contribution in [1.29, 1.82) is 0 Å². The molecule has 3 N–H and O–H groups in total. The van der Waals surface area contributed by atoms with Crippen LogP contribution in [0.25, 0.3) is 0 Å². The summed E-state index contributed by atoms with van der Waals surface area (Å²) in [5, 5.41) is 0. The number of sulfonamides is 1. The maximum Gasteiger partial charge on any atom is 0.216 e. The number of anilines is 1. The van der Waals surface area contributed by atoms with Gasteiger partial charge in [-0.15, -0.1) is 0 Å². The minimum absolute atomic E-state index is 0.0313. The summed E-state index contributed by atoms with van der Waals surface area (Å²) in [6, 6.07) is 6.73. The van der Waals surface area contributed by atoms with Crippen molar-refractivity contribution in [2.75, 3.05) is 12.3 Å². The van der Waals surface area contributed by atoms with Crippen molar-refractivity contribution in [2.24, 2.45) is 0 Å². The predicted octanol–water partition coefficient (Wildman–Crippen LogP) is 0.866. The van der Waals surface area contributed by atoms with Crippen LogP contribution in [-0.4, -0.2) is 27.2 Å². The highest BCUT2D eigenvalue weighted by Crippen LogP contribution is 2.15. The molecule has 1 fully saturated rings. The molecule has 0 spiro atoms. The van der Waals surface area contributed by atoms with E-state index < -0.39 is 10.0 Å². The Bertz CT molecular complexity index is 499. The van der Waals surface area contributed by atoms with Gasteiger partial charge in [-0.05, 0) is 31.0 Å². The lowest BCUT2D eigenvalue weighted by Gasteiger charge is -2.16. The van der Waals surface area contributed by atoms with Crippen LogP contribution in [0.2, 0.25) is 0 Å². The van der Waals surface area contributed by atoms with Crippen LogP contribution >= 0.6 is 0 Å². The molecule has 100 valence electrons. The summed E-state index contributed by atoms with van der Waals surface area (Å²) in [5.74, 6) is -0.0313. The molecule has 2 rings (SSSR count). The average molecular weight is 270 g/mol. The molecule has 1 aromatic carbocycles. The Balaban J connectivity index is 2.01. The summed E-state index contributed by atoms with van der Waals surface area (Å²) >= 11 is 0. The first-order valence-corrected chi connectivity index (χ1v) is 7.57. The molecule has 1 heterocycles. The second kappa shape index (κ2) is 5.26. The van der Waals surface area contributed by atoms with Gasteiger partial charge in [-0.1, -0.05) is 12.1 Å². The third kappa shape index (κ3) is 3.44. The van der Waals surface area contributed by atoms with Crippen molar-refractivity contribution in [3.8, 4) is 0 Å². The molecule has 0 bridgehead atoms. The molecule has 0 saturated carbocycles. The Kier molecular flexibility index (Phi) is 3.89. The SMILES string of the molecule is CC1OCCC1NS(=O)(=O)Cc1ccc(N)cc1. The summed E-state index contributed by atoms with van der Waals surface area (Å²) in [4.78, 5) is 0. The number of hydrogen-bond donors (Lipinski definition) is 2. The zero-order valence-corrected chi connectivity index (χ0v) is 11.1. The number of benzene rings is 1. The van der Waals surface area contributed by atoms with Crippen LogP contribution in [0.4, 0.5) is 5.69 Å². The van der Waals surface area contributed by atoms with Crippen LogP contribution < -0.4 is 10.5 Å². The van der Waals surface area contributed by atoms with Gasteiger partial charge in [0, 0.05) is 18.3 Å². The van der Waals surface area contributed by atoms with Crippen LogP contribution in [0.1, 0.15) is 18.9 Å². The number of rotatable bonds is 4. The summed E-state index contributed by atoms with van der Waals surface area (Å²) in [5.41, 5.74) is 6.91. The van der Waals surface area contributed by atoms with Gasteiger partial charge in [-0.2, -0.15) is 0 Å². The first-order chi connectivity index (χ1) is 8.46. The maximum atomic E-state index is 12.0. The van der Waals surface area contributed by atoms with Crippen molar-refractivity contribution in [2.45, 2.75) is 31.2 Å². The van der Waals surface area contributed by atoms with Crippen molar-refractivity contribution in [3.63, 3.8) is 0 Å². The van der Waals surface area contributed by atoms with Crippen molar-refractivity contribution in [1.82, 2.24) is 4.72 Å². The molecule has 1 saturated heterocycles. The molecule has 6 heteroatoms. The minimum atomic E-state index is -3.33. The molecular formula is C12H18N2O3S. The predicted molar refractivity (Wildman–Crippen MR) is 70.4 cm³/mol. The smallest absolute Gasteiger partial charge is 0.216 e. The van der Waals surface area contributed by atoms with Crippen molar-refractivity contribution >= 4 is 15.7 Å². The number of nitrogen functional groups attached to an aromatic ring is 1. The molecule has 0 amide bonds. The summed E-state index contributed by atoms with van der Waals surface area (Å²) < 4.78 is 32.0. The van der Waals surface area contributed by atoms with Gasteiger partial charge >= 0.3 is 0 Å². The first kappa shape index (κ1) is 13.3. The lowest BCUT2D eigenvalue weighted by molar-refractivity contribution is 0.117. The van der Waals surface area contributed by atoms with E-state index in [2.05, 4.69) is 4.72 Å². The Morgan fingerprint density at radius 1 is 1.39 bits per heavy atom. The largest absolute Gasteiger partial charge is 0.399 e. The standard InChI is InChI=1S/C12H18N2O3S/c1-9-12(6-7-17-9)14-18(15,16)8-10-2-4-11(13)5-3-10/h2-5,9,12,14H,6-8,13H2,1H3. The Morgan fingerprint density at radius 3 is 2.61 bits per heavy atom. The summed E-state index contributed by atoms with van der Waals surface area (Å²) in [7, 11) is -3.33. The van der Waals surface area contributed by atoms with E-state index in [1.54, 1.807) is 24.3 Å². The normalized spacial score (nSPS) is 24.3. The topological polar surface area (TPSA) is 81.4 Å². The zero-order valence-electron chi connectivity index (χ0n) is 10.3. The Morgan fingerprint density at radius 2 is 2.06 bits per heavy atom. The Hall–Kier alpha value is -1.11. The molecule has 1 aliphatic heterocycles. The third-order valence-corrected chi connectivity index (χ3v) is 4.42. The van der Waals surface area contributed by atoms with E-state index in [1.807, 2.05) is 6.92 Å². The number of ether oxygens (including phenoxy) is 1. The fourth-order valence-electron chi connectivity index (χ4n) is 1.99. The van der Waals surface area contributed by atoms with Crippen LogP contribution in [-0.2, 0) is 20.5 Å². The van der Waals surface area contributed by atoms with Gasteiger partial charge in [0.05, 0.1) is 11.9 Å². The van der Waals surface area contributed by atoms with E-state index in [0.717, 1.165) is 12.0 Å². The zero-order chi connectivity index (χ0) is 13.2. The van der Waals surface area contributed by atoms with Gasteiger partial charge in [0.2, 0.25) is 10.0 Å². The van der Waals surface area contributed by atoms with Gasteiger partial charge in [-0.3, -0.25) is 0 Å². The number of hydrogen-bond acceptors (Lipinski definition) is 4. The van der Waals surface area contributed by atoms with Crippen molar-refractivity contribution in [3.05, 3.63) is 29.8 Å². The maximum absolute atomic E-state index is 12.0. The van der Waals surface area contributed by atoms with Gasteiger partial charge in [-0.25, -0.2) is 13.1 Å². The molecular weight excluding hydrogens is 252 g/mol. The van der Waals surface area contributed by atoms with Crippen molar-refractivity contribution < 1.29 is 13.2 Å². The quantitative estimate of drug-likeness (QED) is 0.795. The number of nitrogens with one attached hydrogen (secondary N) is 1. The highest BCUT2D eigenvalue weighted by atomic mass is 32.2. The van der Waals surface area contributed by atoms with Gasteiger partial charge in [0.1, 0.15) is 0 Å². The van der Waals surface area contributed by atoms with Crippen LogP contribution in [0.3, 0.4) is 0 Å². The lowest BCUT2D eigenvalue weighted by Crippen LogP contribution is -2.39. The van der Waals surface area contributed by atoms with E-state index in [4.69, 9.17) is 10.5 Å². The summed E-state index contributed by atoms with van der Waals surface area (Å²) in [6.07, 6.45) is 0.661. The Labute approximate surface area is 107 Å². The summed E-state index contributed by atoms with van der Waals surface area (Å²) in [6.45, 7) is 2.49. The highest BCUT2D eigenvalue weighted by Gasteiger charge is 2.28. The lowest BCUT2D eigenvalue weighted by atomic mass is 10.2. The van der Waals surface area contributed by atoms with Crippen LogP contribution in [0, 0.1) is 0 Å². The van der Waals surface area contributed by atoms with E-state index in [0.29, 0.717) is 12.3 Å². The molecule has 0 aliphatic carbocycles. The fraction of sp³-hybridized carbons (Fsp3) is 0.500. The highest BCUT2D eigenvalue weighted by molar-refractivity contribution is 7.88. The first-order valence-electron chi connectivity index (χ1n) is 5.92. The van der Waals surface area contributed by atoms with E-state index >= 15 is 0 Å². The van der Waals surface area contributed by atoms with E-state index in [-0.39, 0.29) is 17.9 Å². The molecule has 0 aromatic heterocycles. The molecule has 2 atom stereocenters. The van der Waals surface area contributed by atoms with Crippen LogP contribution in [0.15, 0.2) is 24.3 Å². The fourth-order valence-corrected chi connectivity index (χ4v) is 3.48. The van der Waals surface area contributed by atoms with Gasteiger partial charge in [0.15, 0.2) is 0 Å². The minimum Gasteiger partial charge on any atom is -0.399 e. The monoisotopic (exact) mass is 270 g/mol. The molecule has 1 aliphatic rings. The second-order valence-electron chi connectivity index (χ2n) is 4.59.